The lowest BCUT2D eigenvalue weighted by Gasteiger charge is -2.15. The van der Waals surface area contributed by atoms with Crippen LogP contribution in [0, 0.1) is 13.8 Å². The quantitative estimate of drug-likeness (QED) is 0.916. The van der Waals surface area contributed by atoms with E-state index in [1.807, 2.05) is 17.8 Å². The van der Waals surface area contributed by atoms with E-state index in [0.717, 1.165) is 18.1 Å². The average molecular weight is 284 g/mol. The van der Waals surface area contributed by atoms with Crippen LogP contribution in [0.3, 0.4) is 0 Å². The molecule has 2 aromatic heterocycles. The van der Waals surface area contributed by atoms with Gasteiger partial charge in [-0.15, -0.1) is 0 Å². The van der Waals surface area contributed by atoms with Crippen LogP contribution in [-0.4, -0.2) is 20.8 Å². The molecule has 4 nitrogen and oxygen atoms in total. The van der Waals surface area contributed by atoms with E-state index in [2.05, 4.69) is 38.2 Å². The second kappa shape index (κ2) is 5.60. The topological polar surface area (TPSA) is 42.7 Å². The maximum atomic E-state index is 4.74. The standard InChI is InChI=1S/C17H24N4/c1-11(2)18-10-15-12(3)9-13(4)19-17(15)21-8-7-16(20-21)14-5-6-14/h7-9,11,14,18H,5-6,10H2,1-4H3. The van der Waals surface area contributed by atoms with Gasteiger partial charge in [0.2, 0.25) is 0 Å². The van der Waals surface area contributed by atoms with Crippen molar-refractivity contribution < 1.29 is 0 Å². The SMILES string of the molecule is Cc1cc(C)c(CNC(C)C)c(-n2ccc(C3CC3)n2)n1. The van der Waals surface area contributed by atoms with Gasteiger partial charge in [0.25, 0.3) is 0 Å². The van der Waals surface area contributed by atoms with Crippen molar-refractivity contribution >= 4 is 0 Å². The summed E-state index contributed by atoms with van der Waals surface area (Å²) in [5.41, 5.74) is 4.76. The third-order valence-electron chi connectivity index (χ3n) is 3.96. The van der Waals surface area contributed by atoms with Gasteiger partial charge in [-0.1, -0.05) is 13.8 Å². The molecule has 1 fully saturated rings. The van der Waals surface area contributed by atoms with Gasteiger partial charge in [-0.25, -0.2) is 9.67 Å². The predicted octanol–water partition coefficient (Wildman–Crippen LogP) is 3.26. The van der Waals surface area contributed by atoms with Crippen molar-refractivity contribution in [3.05, 3.63) is 40.8 Å². The summed E-state index contributed by atoms with van der Waals surface area (Å²) >= 11 is 0. The van der Waals surface area contributed by atoms with Crippen LogP contribution in [0.1, 0.15) is 55.1 Å². The van der Waals surface area contributed by atoms with Crippen LogP contribution in [0.2, 0.25) is 0 Å². The highest BCUT2D eigenvalue weighted by Crippen LogP contribution is 2.39. The van der Waals surface area contributed by atoms with Gasteiger partial charge in [-0.3, -0.25) is 0 Å². The highest BCUT2D eigenvalue weighted by molar-refractivity contribution is 5.41. The molecular formula is C17H24N4. The summed E-state index contributed by atoms with van der Waals surface area (Å²) < 4.78 is 1.95. The molecule has 0 radical (unpaired) electrons. The molecule has 0 amide bonds. The number of pyridine rings is 1. The van der Waals surface area contributed by atoms with E-state index in [-0.39, 0.29) is 0 Å². The Bertz CT molecular complexity index is 638. The molecule has 0 bridgehead atoms. The molecule has 2 heterocycles. The second-order valence-electron chi connectivity index (χ2n) is 6.38. The number of hydrogen-bond donors (Lipinski definition) is 1. The first-order valence-electron chi connectivity index (χ1n) is 7.81. The number of aryl methyl sites for hydroxylation is 2. The first-order chi connectivity index (χ1) is 10.0. The fraction of sp³-hybridized carbons (Fsp3) is 0.529. The zero-order chi connectivity index (χ0) is 15.0. The molecular weight excluding hydrogens is 260 g/mol. The van der Waals surface area contributed by atoms with Gasteiger partial charge >= 0.3 is 0 Å². The molecule has 0 aromatic carbocycles. The van der Waals surface area contributed by atoms with Crippen LogP contribution < -0.4 is 5.32 Å². The van der Waals surface area contributed by atoms with Gasteiger partial charge in [0.15, 0.2) is 5.82 Å². The van der Waals surface area contributed by atoms with E-state index in [4.69, 9.17) is 10.1 Å². The molecule has 1 aliphatic rings. The zero-order valence-electron chi connectivity index (χ0n) is 13.3. The number of rotatable bonds is 5. The van der Waals surface area contributed by atoms with Crippen LogP contribution in [0.4, 0.5) is 0 Å². The lowest BCUT2D eigenvalue weighted by molar-refractivity contribution is 0.583. The normalized spacial score (nSPS) is 14.9. The Morgan fingerprint density at radius 3 is 2.76 bits per heavy atom. The van der Waals surface area contributed by atoms with Gasteiger partial charge in [0, 0.05) is 36.0 Å². The maximum Gasteiger partial charge on any atom is 0.158 e. The highest BCUT2D eigenvalue weighted by atomic mass is 15.3. The highest BCUT2D eigenvalue weighted by Gasteiger charge is 2.26. The summed E-state index contributed by atoms with van der Waals surface area (Å²) in [6.07, 6.45) is 4.60. The summed E-state index contributed by atoms with van der Waals surface area (Å²) in [5, 5.41) is 8.23. The zero-order valence-corrected chi connectivity index (χ0v) is 13.3. The number of hydrogen-bond acceptors (Lipinski definition) is 3. The van der Waals surface area contributed by atoms with Crippen LogP contribution in [0.15, 0.2) is 18.3 Å². The first-order valence-corrected chi connectivity index (χ1v) is 7.81. The minimum Gasteiger partial charge on any atom is -0.310 e. The van der Waals surface area contributed by atoms with Crippen LogP contribution >= 0.6 is 0 Å². The summed E-state index contributed by atoms with van der Waals surface area (Å²) in [6.45, 7) is 9.35. The van der Waals surface area contributed by atoms with E-state index in [1.165, 1.54) is 29.7 Å². The lowest BCUT2D eigenvalue weighted by atomic mass is 10.1. The molecule has 2 aromatic rings. The molecule has 1 N–H and O–H groups in total. The van der Waals surface area contributed by atoms with Gasteiger partial charge in [-0.05, 0) is 44.4 Å². The molecule has 1 aliphatic carbocycles. The third-order valence-corrected chi connectivity index (χ3v) is 3.96. The van der Waals surface area contributed by atoms with Gasteiger partial charge in [0.05, 0.1) is 5.69 Å². The Labute approximate surface area is 126 Å². The van der Waals surface area contributed by atoms with Crippen molar-refractivity contribution in [2.75, 3.05) is 0 Å². The number of nitrogens with zero attached hydrogens (tertiary/aromatic N) is 3. The van der Waals surface area contributed by atoms with Gasteiger partial charge in [-0.2, -0.15) is 5.10 Å². The number of nitrogens with one attached hydrogen (secondary N) is 1. The summed E-state index contributed by atoms with van der Waals surface area (Å²) in [7, 11) is 0. The van der Waals surface area contributed by atoms with Crippen molar-refractivity contribution in [3.8, 4) is 5.82 Å². The molecule has 112 valence electrons. The van der Waals surface area contributed by atoms with E-state index in [1.54, 1.807) is 0 Å². The van der Waals surface area contributed by atoms with E-state index >= 15 is 0 Å². The van der Waals surface area contributed by atoms with Gasteiger partial charge < -0.3 is 5.32 Å². The fourth-order valence-electron chi connectivity index (χ4n) is 2.61. The Hall–Kier alpha value is -1.68. The van der Waals surface area contributed by atoms with E-state index in [9.17, 15) is 0 Å². The fourth-order valence-corrected chi connectivity index (χ4v) is 2.61. The third kappa shape index (κ3) is 3.16. The monoisotopic (exact) mass is 284 g/mol. The average Bonchev–Trinajstić information content (AvgIpc) is 3.14. The van der Waals surface area contributed by atoms with E-state index < -0.39 is 0 Å². The summed E-state index contributed by atoms with van der Waals surface area (Å²) in [4.78, 5) is 4.74. The number of aromatic nitrogens is 3. The van der Waals surface area contributed by atoms with E-state index in [0.29, 0.717) is 12.0 Å². The van der Waals surface area contributed by atoms with Crippen molar-refractivity contribution in [1.29, 1.82) is 0 Å². The molecule has 21 heavy (non-hydrogen) atoms. The summed E-state index contributed by atoms with van der Waals surface area (Å²) in [6, 6.07) is 4.74. The van der Waals surface area contributed by atoms with Crippen LogP contribution in [-0.2, 0) is 6.54 Å². The first kappa shape index (κ1) is 14.3. The lowest BCUT2D eigenvalue weighted by Crippen LogP contribution is -2.24. The Kier molecular flexibility index (Phi) is 3.81. The molecule has 0 saturated heterocycles. The Morgan fingerprint density at radius 2 is 2.10 bits per heavy atom. The van der Waals surface area contributed by atoms with Gasteiger partial charge in [0.1, 0.15) is 0 Å². The molecule has 4 heteroatoms. The van der Waals surface area contributed by atoms with Crippen molar-refractivity contribution in [1.82, 2.24) is 20.1 Å². The minimum absolute atomic E-state index is 0.457. The van der Waals surface area contributed by atoms with Crippen molar-refractivity contribution in [2.24, 2.45) is 0 Å². The molecule has 0 spiro atoms. The maximum absolute atomic E-state index is 4.74. The molecule has 3 rings (SSSR count). The largest absolute Gasteiger partial charge is 0.310 e. The molecule has 0 unspecified atom stereocenters. The van der Waals surface area contributed by atoms with Crippen molar-refractivity contribution in [2.45, 2.75) is 59.0 Å². The second-order valence-corrected chi connectivity index (χ2v) is 6.38. The molecule has 0 aliphatic heterocycles. The minimum atomic E-state index is 0.457. The molecule has 0 atom stereocenters. The smallest absolute Gasteiger partial charge is 0.158 e. The Morgan fingerprint density at radius 1 is 1.33 bits per heavy atom. The molecule has 1 saturated carbocycles. The van der Waals surface area contributed by atoms with Crippen LogP contribution in [0.25, 0.3) is 5.82 Å². The predicted molar refractivity (Wildman–Crippen MR) is 84.8 cm³/mol. The summed E-state index contributed by atoms with van der Waals surface area (Å²) in [5.74, 6) is 1.64. The van der Waals surface area contributed by atoms with Crippen molar-refractivity contribution in [3.63, 3.8) is 0 Å². The van der Waals surface area contributed by atoms with Crippen LogP contribution in [0.5, 0.6) is 0 Å². The Balaban J connectivity index is 1.97.